The van der Waals surface area contributed by atoms with E-state index in [0.29, 0.717) is 0 Å². The Labute approximate surface area is 115 Å². The van der Waals surface area contributed by atoms with Crippen molar-refractivity contribution in [3.8, 4) is 0 Å². The lowest BCUT2D eigenvalue weighted by molar-refractivity contribution is -0.138. The molecule has 6 heteroatoms. The maximum Gasteiger partial charge on any atom is 0.416 e. The molecule has 3 nitrogen and oxygen atoms in total. The van der Waals surface area contributed by atoms with Gasteiger partial charge < -0.3 is 10.4 Å². The van der Waals surface area contributed by atoms with E-state index in [1.54, 1.807) is 13.8 Å². The van der Waals surface area contributed by atoms with Gasteiger partial charge in [-0.15, -0.1) is 0 Å². The van der Waals surface area contributed by atoms with Crippen LogP contribution < -0.4 is 5.32 Å². The van der Waals surface area contributed by atoms with E-state index in [0.717, 1.165) is 6.07 Å². The number of benzene rings is 1. The number of carbonyl (C=O) groups is 1. The third-order valence-electron chi connectivity index (χ3n) is 3.08. The molecule has 0 aliphatic carbocycles. The van der Waals surface area contributed by atoms with Crippen molar-refractivity contribution in [2.75, 3.05) is 5.32 Å². The van der Waals surface area contributed by atoms with Gasteiger partial charge in [-0.05, 0) is 30.5 Å². The highest BCUT2D eigenvalue weighted by molar-refractivity contribution is 5.92. The Morgan fingerprint density at radius 3 is 2.45 bits per heavy atom. The van der Waals surface area contributed by atoms with Crippen molar-refractivity contribution < 1.29 is 23.1 Å². The van der Waals surface area contributed by atoms with Gasteiger partial charge in [0.2, 0.25) is 5.91 Å². The third-order valence-corrected chi connectivity index (χ3v) is 3.08. The zero-order valence-corrected chi connectivity index (χ0v) is 11.6. The minimum atomic E-state index is -4.46. The smallest absolute Gasteiger partial charge is 0.392 e. The van der Waals surface area contributed by atoms with Crippen LogP contribution in [0, 0.1) is 12.8 Å². The standard InChI is InChI=1S/C14H18F3NO2/c1-8(2)12(19)7-13(20)18-11-6-4-5-10(9(11)3)14(15,16)17/h4-6,8,12,19H,7H2,1-3H3,(H,18,20). The number of rotatable bonds is 4. The fourth-order valence-corrected chi connectivity index (χ4v) is 1.71. The summed E-state index contributed by atoms with van der Waals surface area (Å²) < 4.78 is 38.2. The number of aliphatic hydroxyl groups is 1. The fourth-order valence-electron chi connectivity index (χ4n) is 1.71. The molecule has 1 amide bonds. The minimum Gasteiger partial charge on any atom is -0.392 e. The summed E-state index contributed by atoms with van der Waals surface area (Å²) in [5.41, 5.74) is -0.701. The van der Waals surface area contributed by atoms with Gasteiger partial charge in [0.1, 0.15) is 0 Å². The predicted octanol–water partition coefficient (Wildman–Crippen LogP) is 3.36. The Balaban J connectivity index is 2.86. The second-order valence-corrected chi connectivity index (χ2v) is 5.04. The Kier molecular flexibility index (Phi) is 5.16. The molecule has 0 aromatic heterocycles. The summed E-state index contributed by atoms with van der Waals surface area (Å²) in [5.74, 6) is -0.600. The van der Waals surface area contributed by atoms with Crippen molar-refractivity contribution in [2.45, 2.75) is 39.5 Å². The van der Waals surface area contributed by atoms with Crippen LogP contribution in [0.25, 0.3) is 0 Å². The van der Waals surface area contributed by atoms with Crippen LogP contribution in [0.5, 0.6) is 0 Å². The first-order valence-corrected chi connectivity index (χ1v) is 6.27. The van der Waals surface area contributed by atoms with Crippen LogP contribution >= 0.6 is 0 Å². The van der Waals surface area contributed by atoms with Crippen molar-refractivity contribution in [3.05, 3.63) is 29.3 Å². The molecule has 1 aromatic rings. The van der Waals surface area contributed by atoms with Crippen LogP contribution in [0.2, 0.25) is 0 Å². The van der Waals surface area contributed by atoms with Gasteiger partial charge in [0, 0.05) is 5.69 Å². The molecule has 0 aliphatic rings. The molecule has 0 aliphatic heterocycles. The van der Waals surface area contributed by atoms with E-state index < -0.39 is 23.8 Å². The van der Waals surface area contributed by atoms with Crippen LogP contribution in [0.1, 0.15) is 31.4 Å². The molecule has 0 saturated heterocycles. The monoisotopic (exact) mass is 289 g/mol. The molecule has 1 atom stereocenters. The minimum absolute atomic E-state index is 0.0348. The van der Waals surface area contributed by atoms with E-state index in [2.05, 4.69) is 5.32 Å². The molecule has 0 spiro atoms. The van der Waals surface area contributed by atoms with E-state index in [1.165, 1.54) is 19.1 Å². The molecule has 0 bridgehead atoms. The average Bonchev–Trinajstić information content (AvgIpc) is 2.30. The SMILES string of the molecule is Cc1c(NC(=O)CC(O)C(C)C)cccc1C(F)(F)F. The topological polar surface area (TPSA) is 49.3 Å². The van der Waals surface area contributed by atoms with Crippen LogP contribution in [0.4, 0.5) is 18.9 Å². The zero-order valence-electron chi connectivity index (χ0n) is 11.6. The maximum atomic E-state index is 12.7. The van der Waals surface area contributed by atoms with Crippen LogP contribution in [-0.2, 0) is 11.0 Å². The Morgan fingerprint density at radius 2 is 1.95 bits per heavy atom. The third kappa shape index (κ3) is 4.23. The van der Waals surface area contributed by atoms with Crippen molar-refractivity contribution >= 4 is 11.6 Å². The lowest BCUT2D eigenvalue weighted by Gasteiger charge is -2.17. The van der Waals surface area contributed by atoms with E-state index in [-0.39, 0.29) is 23.6 Å². The van der Waals surface area contributed by atoms with E-state index in [4.69, 9.17) is 0 Å². The number of amides is 1. The fraction of sp³-hybridized carbons (Fsp3) is 0.500. The summed E-state index contributed by atoms with van der Waals surface area (Å²) in [5, 5.41) is 12.0. The van der Waals surface area contributed by atoms with E-state index >= 15 is 0 Å². The van der Waals surface area contributed by atoms with Gasteiger partial charge in [-0.25, -0.2) is 0 Å². The number of anilines is 1. The quantitative estimate of drug-likeness (QED) is 0.893. The van der Waals surface area contributed by atoms with Gasteiger partial charge >= 0.3 is 6.18 Å². The predicted molar refractivity (Wildman–Crippen MR) is 70.3 cm³/mol. The summed E-state index contributed by atoms with van der Waals surface area (Å²) in [4.78, 5) is 11.7. The number of hydrogen-bond acceptors (Lipinski definition) is 2. The van der Waals surface area contributed by atoms with Gasteiger partial charge in [-0.3, -0.25) is 4.79 Å². The highest BCUT2D eigenvalue weighted by atomic mass is 19.4. The number of alkyl halides is 3. The van der Waals surface area contributed by atoms with Crippen LogP contribution in [0.3, 0.4) is 0 Å². The molecule has 0 fully saturated rings. The largest absolute Gasteiger partial charge is 0.416 e. The second kappa shape index (κ2) is 6.26. The molecule has 1 aromatic carbocycles. The normalized spacial score (nSPS) is 13.4. The van der Waals surface area contributed by atoms with Gasteiger partial charge in [-0.2, -0.15) is 13.2 Å². The van der Waals surface area contributed by atoms with Crippen molar-refractivity contribution in [2.24, 2.45) is 5.92 Å². The first kappa shape index (κ1) is 16.5. The lowest BCUT2D eigenvalue weighted by Crippen LogP contribution is -2.24. The molecule has 0 heterocycles. The summed E-state index contributed by atoms with van der Waals surface area (Å²) in [7, 11) is 0. The summed E-state index contributed by atoms with van der Waals surface area (Å²) >= 11 is 0. The summed E-state index contributed by atoms with van der Waals surface area (Å²) in [6.07, 6.45) is -5.42. The average molecular weight is 289 g/mol. The lowest BCUT2D eigenvalue weighted by atomic mass is 10.0. The highest BCUT2D eigenvalue weighted by Crippen LogP contribution is 2.34. The van der Waals surface area contributed by atoms with Crippen molar-refractivity contribution in [3.63, 3.8) is 0 Å². The molecule has 0 radical (unpaired) electrons. The second-order valence-electron chi connectivity index (χ2n) is 5.04. The molecular formula is C14H18F3NO2. The zero-order chi connectivity index (χ0) is 15.5. The molecule has 20 heavy (non-hydrogen) atoms. The van der Waals surface area contributed by atoms with Gasteiger partial charge in [0.05, 0.1) is 18.1 Å². The molecule has 2 N–H and O–H groups in total. The number of hydrogen-bond donors (Lipinski definition) is 2. The number of aliphatic hydroxyl groups excluding tert-OH is 1. The van der Waals surface area contributed by atoms with Crippen molar-refractivity contribution in [1.82, 2.24) is 0 Å². The summed E-state index contributed by atoms with van der Waals surface area (Å²) in [6.45, 7) is 4.82. The van der Waals surface area contributed by atoms with E-state index in [9.17, 15) is 23.1 Å². The van der Waals surface area contributed by atoms with Crippen LogP contribution in [-0.4, -0.2) is 17.1 Å². The molecule has 1 unspecified atom stereocenters. The first-order valence-electron chi connectivity index (χ1n) is 6.27. The number of carbonyl (C=O) groups excluding carboxylic acids is 1. The molecule has 112 valence electrons. The number of nitrogens with one attached hydrogen (secondary N) is 1. The number of halogens is 3. The van der Waals surface area contributed by atoms with E-state index in [1.807, 2.05) is 0 Å². The first-order chi connectivity index (χ1) is 9.12. The van der Waals surface area contributed by atoms with Crippen LogP contribution in [0.15, 0.2) is 18.2 Å². The molecule has 0 saturated carbocycles. The van der Waals surface area contributed by atoms with Crippen molar-refractivity contribution in [1.29, 1.82) is 0 Å². The maximum absolute atomic E-state index is 12.7. The Bertz CT molecular complexity index is 484. The highest BCUT2D eigenvalue weighted by Gasteiger charge is 2.33. The van der Waals surface area contributed by atoms with Gasteiger partial charge in [-0.1, -0.05) is 19.9 Å². The summed E-state index contributed by atoms with van der Waals surface area (Å²) in [6, 6.07) is 3.61. The van der Waals surface area contributed by atoms with Gasteiger partial charge in [0.15, 0.2) is 0 Å². The van der Waals surface area contributed by atoms with Gasteiger partial charge in [0.25, 0.3) is 0 Å². The Hall–Kier alpha value is -1.56. The molecule has 1 rings (SSSR count). The molecular weight excluding hydrogens is 271 g/mol. The Morgan fingerprint density at radius 1 is 1.35 bits per heavy atom.